The number of rotatable bonds is 3. The monoisotopic (exact) mass is 150 g/mol. The molecule has 0 fully saturated rings. The largest absolute Gasteiger partial charge is 0.330 e. The van der Waals surface area contributed by atoms with Gasteiger partial charge >= 0.3 is 0 Å². The van der Waals surface area contributed by atoms with Crippen LogP contribution in [0.25, 0.3) is 0 Å². The van der Waals surface area contributed by atoms with Crippen molar-refractivity contribution in [2.45, 2.75) is 19.3 Å². The number of aromatic nitrogens is 1. The average molecular weight is 150 g/mol. The van der Waals surface area contributed by atoms with Crippen LogP contribution in [0.3, 0.4) is 0 Å². The molecule has 0 radical (unpaired) electrons. The summed E-state index contributed by atoms with van der Waals surface area (Å²) in [5.41, 5.74) is 6.68. The topological polar surface area (TPSA) is 38.9 Å². The first-order valence-electron chi connectivity index (χ1n) is 3.99. The van der Waals surface area contributed by atoms with E-state index in [0.717, 1.165) is 12.1 Å². The summed E-state index contributed by atoms with van der Waals surface area (Å²) < 4.78 is 0. The van der Waals surface area contributed by atoms with Gasteiger partial charge in [0.25, 0.3) is 0 Å². The van der Waals surface area contributed by atoms with Gasteiger partial charge in [-0.1, -0.05) is 13.0 Å². The van der Waals surface area contributed by atoms with Gasteiger partial charge in [-0.05, 0) is 18.6 Å². The summed E-state index contributed by atoms with van der Waals surface area (Å²) in [7, 11) is 0. The zero-order valence-electron chi connectivity index (χ0n) is 6.83. The normalized spacial score (nSPS) is 12.9. The summed E-state index contributed by atoms with van der Waals surface area (Å²) in [6, 6.07) is 5.95. The molecule has 0 saturated carbocycles. The second kappa shape index (κ2) is 4.09. The molecule has 2 nitrogen and oxygen atoms in total. The molecule has 0 spiro atoms. The molecule has 2 heteroatoms. The highest BCUT2D eigenvalue weighted by molar-refractivity contribution is 5.09. The van der Waals surface area contributed by atoms with E-state index in [0.29, 0.717) is 12.5 Å². The number of pyridine rings is 1. The zero-order valence-corrected chi connectivity index (χ0v) is 6.83. The lowest BCUT2D eigenvalue weighted by molar-refractivity contribution is 0.654. The summed E-state index contributed by atoms with van der Waals surface area (Å²) in [6.07, 6.45) is 2.88. The lowest BCUT2D eigenvalue weighted by Crippen LogP contribution is -2.12. The van der Waals surface area contributed by atoms with Crippen LogP contribution in [0.2, 0.25) is 0 Å². The third-order valence-electron chi connectivity index (χ3n) is 1.88. The molecule has 11 heavy (non-hydrogen) atoms. The molecular weight excluding hydrogens is 136 g/mol. The van der Waals surface area contributed by atoms with Crippen LogP contribution in [0.15, 0.2) is 24.4 Å². The van der Waals surface area contributed by atoms with Gasteiger partial charge in [0, 0.05) is 24.4 Å². The molecule has 0 bridgehead atoms. The van der Waals surface area contributed by atoms with E-state index < -0.39 is 0 Å². The first-order valence-corrected chi connectivity index (χ1v) is 3.99. The van der Waals surface area contributed by atoms with Crippen LogP contribution in [-0.2, 0) is 0 Å². The van der Waals surface area contributed by atoms with E-state index in [2.05, 4.69) is 11.9 Å². The molecule has 1 heterocycles. The molecule has 2 N–H and O–H groups in total. The molecule has 0 aliphatic carbocycles. The minimum atomic E-state index is 0.427. The van der Waals surface area contributed by atoms with Crippen LogP contribution in [0.1, 0.15) is 25.0 Å². The molecule has 0 aromatic carbocycles. The maximum Gasteiger partial charge on any atom is 0.0447 e. The van der Waals surface area contributed by atoms with Crippen molar-refractivity contribution in [3.63, 3.8) is 0 Å². The highest BCUT2D eigenvalue weighted by atomic mass is 14.7. The number of nitrogens with two attached hydrogens (primary N) is 1. The number of hydrogen-bond donors (Lipinski definition) is 1. The molecule has 1 aromatic heterocycles. The van der Waals surface area contributed by atoms with Crippen LogP contribution >= 0.6 is 0 Å². The maximum atomic E-state index is 5.58. The van der Waals surface area contributed by atoms with Crippen molar-refractivity contribution >= 4 is 0 Å². The lowest BCUT2D eigenvalue weighted by Gasteiger charge is -2.09. The Balaban J connectivity index is 2.74. The molecule has 1 rings (SSSR count). The van der Waals surface area contributed by atoms with Crippen LogP contribution in [0, 0.1) is 0 Å². The van der Waals surface area contributed by atoms with Gasteiger partial charge in [-0.25, -0.2) is 0 Å². The smallest absolute Gasteiger partial charge is 0.0447 e. The second-order valence-electron chi connectivity index (χ2n) is 2.60. The number of nitrogens with zero attached hydrogens (tertiary/aromatic N) is 1. The van der Waals surface area contributed by atoms with Gasteiger partial charge in [0.1, 0.15) is 0 Å². The molecule has 0 saturated heterocycles. The molecule has 0 amide bonds. The third kappa shape index (κ3) is 2.02. The SMILES string of the molecule is CC[C@H](CN)c1ccccn1. The summed E-state index contributed by atoms with van der Waals surface area (Å²) >= 11 is 0. The maximum absolute atomic E-state index is 5.58. The minimum Gasteiger partial charge on any atom is -0.330 e. The van der Waals surface area contributed by atoms with Crippen LogP contribution in [0.4, 0.5) is 0 Å². The molecular formula is C9H14N2. The van der Waals surface area contributed by atoms with E-state index in [-0.39, 0.29) is 0 Å². The van der Waals surface area contributed by atoms with Crippen LogP contribution in [0.5, 0.6) is 0 Å². The Bertz CT molecular complexity index is 192. The van der Waals surface area contributed by atoms with E-state index in [1.807, 2.05) is 24.4 Å². The molecule has 0 aliphatic heterocycles. The third-order valence-corrected chi connectivity index (χ3v) is 1.88. The predicted octanol–water partition coefficient (Wildman–Crippen LogP) is 1.53. The van der Waals surface area contributed by atoms with Gasteiger partial charge in [-0.2, -0.15) is 0 Å². The van der Waals surface area contributed by atoms with Crippen LogP contribution < -0.4 is 5.73 Å². The molecule has 1 aromatic rings. The van der Waals surface area contributed by atoms with E-state index in [4.69, 9.17) is 5.73 Å². The van der Waals surface area contributed by atoms with Crippen molar-refractivity contribution in [2.75, 3.05) is 6.54 Å². The predicted molar refractivity (Wildman–Crippen MR) is 46.3 cm³/mol. The molecule has 1 atom stereocenters. The van der Waals surface area contributed by atoms with Crippen LogP contribution in [-0.4, -0.2) is 11.5 Å². The summed E-state index contributed by atoms with van der Waals surface area (Å²) in [4.78, 5) is 4.24. The Morgan fingerprint density at radius 1 is 1.55 bits per heavy atom. The van der Waals surface area contributed by atoms with Crippen molar-refractivity contribution in [3.8, 4) is 0 Å². The zero-order chi connectivity index (χ0) is 8.10. The van der Waals surface area contributed by atoms with Gasteiger partial charge in [-0.3, -0.25) is 4.98 Å². The summed E-state index contributed by atoms with van der Waals surface area (Å²) in [5.74, 6) is 0.427. The highest BCUT2D eigenvalue weighted by Crippen LogP contribution is 2.13. The summed E-state index contributed by atoms with van der Waals surface area (Å²) in [6.45, 7) is 2.82. The second-order valence-corrected chi connectivity index (χ2v) is 2.60. The van der Waals surface area contributed by atoms with E-state index >= 15 is 0 Å². The first-order chi connectivity index (χ1) is 5.38. The van der Waals surface area contributed by atoms with Gasteiger partial charge in [0.05, 0.1) is 0 Å². The quantitative estimate of drug-likeness (QED) is 0.709. The van der Waals surface area contributed by atoms with Gasteiger partial charge in [-0.15, -0.1) is 0 Å². The van der Waals surface area contributed by atoms with Gasteiger partial charge < -0.3 is 5.73 Å². The first kappa shape index (κ1) is 8.21. The summed E-state index contributed by atoms with van der Waals surface area (Å²) in [5, 5.41) is 0. The fourth-order valence-corrected chi connectivity index (χ4v) is 1.11. The van der Waals surface area contributed by atoms with Gasteiger partial charge in [0.2, 0.25) is 0 Å². The van der Waals surface area contributed by atoms with Crippen molar-refractivity contribution in [1.82, 2.24) is 4.98 Å². The van der Waals surface area contributed by atoms with Crippen molar-refractivity contribution in [2.24, 2.45) is 5.73 Å². The average Bonchev–Trinajstić information content (AvgIpc) is 2.09. The van der Waals surface area contributed by atoms with E-state index in [1.165, 1.54) is 0 Å². The van der Waals surface area contributed by atoms with E-state index in [9.17, 15) is 0 Å². The highest BCUT2D eigenvalue weighted by Gasteiger charge is 2.06. The Morgan fingerprint density at radius 3 is 2.82 bits per heavy atom. The molecule has 0 aliphatic rings. The Labute approximate surface area is 67.5 Å². The van der Waals surface area contributed by atoms with Gasteiger partial charge in [0.15, 0.2) is 0 Å². The number of hydrogen-bond acceptors (Lipinski definition) is 2. The molecule has 60 valence electrons. The fourth-order valence-electron chi connectivity index (χ4n) is 1.11. The lowest BCUT2D eigenvalue weighted by atomic mass is 10.0. The van der Waals surface area contributed by atoms with E-state index in [1.54, 1.807) is 0 Å². The fraction of sp³-hybridized carbons (Fsp3) is 0.444. The Morgan fingerprint density at radius 2 is 2.36 bits per heavy atom. The minimum absolute atomic E-state index is 0.427. The van der Waals surface area contributed by atoms with Crippen molar-refractivity contribution in [1.29, 1.82) is 0 Å². The van der Waals surface area contributed by atoms with Crippen molar-refractivity contribution in [3.05, 3.63) is 30.1 Å². The molecule has 0 unspecified atom stereocenters. The Kier molecular flexibility index (Phi) is 3.05. The Hall–Kier alpha value is -0.890. The standard InChI is InChI=1S/C9H14N2/c1-2-8(7-10)9-5-3-4-6-11-9/h3-6,8H,2,7,10H2,1H3/t8-/m1/s1. The van der Waals surface area contributed by atoms with Crippen molar-refractivity contribution < 1.29 is 0 Å².